The van der Waals surface area contributed by atoms with Gasteiger partial charge < -0.3 is 5.73 Å². The molecule has 0 heterocycles. The SMILES string of the molecule is N#Cc1cc(S(=O)(=O)NCC2(N)CCC2)ccc1F. The summed E-state index contributed by atoms with van der Waals surface area (Å²) < 4.78 is 39.5. The van der Waals surface area contributed by atoms with E-state index in [1.807, 2.05) is 0 Å². The molecular weight excluding hydrogens is 269 g/mol. The van der Waals surface area contributed by atoms with Crippen molar-refractivity contribution in [3.05, 3.63) is 29.6 Å². The van der Waals surface area contributed by atoms with Crippen LogP contribution in [-0.4, -0.2) is 20.5 Å². The number of halogens is 1. The third-order valence-corrected chi connectivity index (χ3v) is 4.73. The summed E-state index contributed by atoms with van der Waals surface area (Å²) in [5, 5.41) is 8.69. The Morgan fingerprint density at radius 2 is 2.16 bits per heavy atom. The highest BCUT2D eigenvalue weighted by atomic mass is 32.2. The lowest BCUT2D eigenvalue weighted by Crippen LogP contribution is -2.54. The highest BCUT2D eigenvalue weighted by Crippen LogP contribution is 2.28. The highest BCUT2D eigenvalue weighted by Gasteiger charge is 2.33. The second-order valence-corrected chi connectivity index (χ2v) is 6.56. The number of nitrogens with one attached hydrogen (secondary N) is 1. The second-order valence-electron chi connectivity index (χ2n) is 4.79. The largest absolute Gasteiger partial charge is 0.324 e. The molecule has 1 aromatic carbocycles. The number of benzene rings is 1. The van der Waals surface area contributed by atoms with Gasteiger partial charge in [-0.05, 0) is 37.5 Å². The molecule has 0 amide bonds. The van der Waals surface area contributed by atoms with Gasteiger partial charge in [-0.25, -0.2) is 17.5 Å². The Kier molecular flexibility index (Phi) is 3.58. The van der Waals surface area contributed by atoms with Gasteiger partial charge in [-0.2, -0.15) is 5.26 Å². The number of sulfonamides is 1. The van der Waals surface area contributed by atoms with Gasteiger partial charge in [0.05, 0.1) is 10.5 Å². The molecule has 0 saturated heterocycles. The van der Waals surface area contributed by atoms with E-state index in [0.29, 0.717) is 0 Å². The first-order valence-corrected chi connectivity index (χ1v) is 7.33. The summed E-state index contributed by atoms with van der Waals surface area (Å²) in [6, 6.07) is 4.72. The van der Waals surface area contributed by atoms with Crippen molar-refractivity contribution in [1.82, 2.24) is 4.72 Å². The molecule has 1 aliphatic rings. The van der Waals surface area contributed by atoms with Crippen molar-refractivity contribution in [2.45, 2.75) is 29.7 Å². The average Bonchev–Trinajstić information content (AvgIpc) is 2.34. The Balaban J connectivity index is 2.17. The van der Waals surface area contributed by atoms with E-state index in [1.54, 1.807) is 6.07 Å². The maximum absolute atomic E-state index is 13.1. The van der Waals surface area contributed by atoms with Crippen LogP contribution in [0, 0.1) is 17.1 Å². The Morgan fingerprint density at radius 1 is 1.47 bits per heavy atom. The van der Waals surface area contributed by atoms with Crippen molar-refractivity contribution in [3.8, 4) is 6.07 Å². The Bertz CT molecular complexity index is 633. The smallest absolute Gasteiger partial charge is 0.240 e. The van der Waals surface area contributed by atoms with Gasteiger partial charge in [-0.1, -0.05) is 0 Å². The minimum Gasteiger partial charge on any atom is -0.324 e. The summed E-state index contributed by atoms with van der Waals surface area (Å²) in [6.07, 6.45) is 2.55. The van der Waals surface area contributed by atoms with E-state index in [4.69, 9.17) is 11.0 Å². The Hall–Kier alpha value is -1.49. The van der Waals surface area contributed by atoms with Gasteiger partial charge in [-0.3, -0.25) is 0 Å². The maximum Gasteiger partial charge on any atom is 0.240 e. The number of hydrogen-bond donors (Lipinski definition) is 2. The summed E-state index contributed by atoms with van der Waals surface area (Å²) in [4.78, 5) is -0.131. The fourth-order valence-electron chi connectivity index (χ4n) is 1.89. The van der Waals surface area contributed by atoms with E-state index >= 15 is 0 Å². The zero-order valence-corrected chi connectivity index (χ0v) is 11.0. The topological polar surface area (TPSA) is 96.0 Å². The molecule has 0 aliphatic heterocycles. The fourth-order valence-corrected chi connectivity index (χ4v) is 3.05. The molecule has 0 aromatic heterocycles. The third-order valence-electron chi connectivity index (χ3n) is 3.33. The number of nitrogens with two attached hydrogens (primary N) is 1. The second kappa shape index (κ2) is 4.89. The molecule has 0 bridgehead atoms. The van der Waals surface area contributed by atoms with Crippen LogP contribution in [-0.2, 0) is 10.0 Å². The number of rotatable bonds is 4. The van der Waals surface area contributed by atoms with Crippen molar-refractivity contribution >= 4 is 10.0 Å². The first-order chi connectivity index (χ1) is 8.86. The lowest BCUT2D eigenvalue weighted by atomic mass is 9.78. The highest BCUT2D eigenvalue weighted by molar-refractivity contribution is 7.89. The molecule has 19 heavy (non-hydrogen) atoms. The van der Waals surface area contributed by atoms with Crippen molar-refractivity contribution in [3.63, 3.8) is 0 Å². The first-order valence-electron chi connectivity index (χ1n) is 5.85. The van der Waals surface area contributed by atoms with Crippen LogP contribution in [0.25, 0.3) is 0 Å². The van der Waals surface area contributed by atoms with E-state index < -0.39 is 21.4 Å². The van der Waals surface area contributed by atoms with E-state index in [9.17, 15) is 12.8 Å². The summed E-state index contributed by atoms with van der Waals surface area (Å²) in [5.74, 6) is -0.740. The summed E-state index contributed by atoms with van der Waals surface area (Å²) in [6.45, 7) is 0.147. The minimum absolute atomic E-state index is 0.131. The van der Waals surface area contributed by atoms with Crippen LogP contribution in [0.3, 0.4) is 0 Å². The van der Waals surface area contributed by atoms with Crippen LogP contribution in [0.1, 0.15) is 24.8 Å². The Morgan fingerprint density at radius 3 is 2.68 bits per heavy atom. The van der Waals surface area contributed by atoms with E-state index in [0.717, 1.165) is 37.5 Å². The molecule has 0 atom stereocenters. The maximum atomic E-state index is 13.1. The van der Waals surface area contributed by atoms with Crippen molar-refractivity contribution in [1.29, 1.82) is 5.26 Å². The predicted octanol–water partition coefficient (Wildman–Crippen LogP) is 0.857. The van der Waals surface area contributed by atoms with Gasteiger partial charge >= 0.3 is 0 Å². The molecule has 2 rings (SSSR count). The standard InChI is InChI=1S/C12H14FN3O2S/c13-11-3-2-10(6-9(11)7-14)19(17,18)16-8-12(15)4-1-5-12/h2-3,6,16H,1,4-5,8,15H2. The van der Waals surface area contributed by atoms with Gasteiger partial charge in [0.2, 0.25) is 10.0 Å². The molecule has 1 fully saturated rings. The zero-order chi connectivity index (χ0) is 14.1. The minimum atomic E-state index is -3.77. The molecule has 1 aliphatic carbocycles. The van der Waals surface area contributed by atoms with Gasteiger partial charge in [0.25, 0.3) is 0 Å². The van der Waals surface area contributed by atoms with Gasteiger partial charge in [0.15, 0.2) is 0 Å². The Labute approximate surface area is 111 Å². The monoisotopic (exact) mass is 283 g/mol. The lowest BCUT2D eigenvalue weighted by molar-refractivity contribution is 0.251. The predicted molar refractivity (Wildman–Crippen MR) is 67.1 cm³/mol. The summed E-state index contributed by atoms with van der Waals surface area (Å²) in [5.41, 5.74) is 5.15. The zero-order valence-electron chi connectivity index (χ0n) is 10.2. The molecule has 3 N–H and O–H groups in total. The number of hydrogen-bond acceptors (Lipinski definition) is 4. The van der Waals surface area contributed by atoms with Crippen LogP contribution in [0.5, 0.6) is 0 Å². The van der Waals surface area contributed by atoms with Crippen LogP contribution in [0.15, 0.2) is 23.1 Å². The summed E-state index contributed by atoms with van der Waals surface area (Å²) >= 11 is 0. The van der Waals surface area contributed by atoms with E-state index in [-0.39, 0.29) is 17.0 Å². The van der Waals surface area contributed by atoms with Crippen molar-refractivity contribution in [2.24, 2.45) is 5.73 Å². The molecular formula is C12H14FN3O2S. The van der Waals surface area contributed by atoms with Crippen LogP contribution in [0.2, 0.25) is 0 Å². The quantitative estimate of drug-likeness (QED) is 0.856. The molecule has 0 unspecified atom stereocenters. The summed E-state index contributed by atoms with van der Waals surface area (Å²) in [7, 11) is -3.77. The average molecular weight is 283 g/mol. The third kappa shape index (κ3) is 2.92. The normalized spacial score (nSPS) is 17.5. The van der Waals surface area contributed by atoms with Crippen LogP contribution < -0.4 is 10.5 Å². The molecule has 1 saturated carbocycles. The molecule has 0 radical (unpaired) electrons. The van der Waals surface area contributed by atoms with Crippen molar-refractivity contribution in [2.75, 3.05) is 6.54 Å². The number of nitrogens with zero attached hydrogens (tertiary/aromatic N) is 1. The molecule has 0 spiro atoms. The van der Waals surface area contributed by atoms with E-state index in [2.05, 4.69) is 4.72 Å². The molecule has 5 nitrogen and oxygen atoms in total. The lowest BCUT2D eigenvalue weighted by Gasteiger charge is -2.38. The van der Waals surface area contributed by atoms with Gasteiger partial charge in [-0.15, -0.1) is 0 Å². The molecule has 1 aromatic rings. The first kappa shape index (κ1) is 13.9. The van der Waals surface area contributed by atoms with Crippen molar-refractivity contribution < 1.29 is 12.8 Å². The van der Waals surface area contributed by atoms with Crippen LogP contribution in [0.4, 0.5) is 4.39 Å². The number of nitriles is 1. The van der Waals surface area contributed by atoms with E-state index in [1.165, 1.54) is 0 Å². The molecule has 102 valence electrons. The van der Waals surface area contributed by atoms with Crippen LogP contribution >= 0.6 is 0 Å². The van der Waals surface area contributed by atoms with Gasteiger partial charge in [0, 0.05) is 12.1 Å². The fraction of sp³-hybridized carbons (Fsp3) is 0.417. The van der Waals surface area contributed by atoms with Gasteiger partial charge in [0.1, 0.15) is 11.9 Å². The molecule has 7 heteroatoms.